The van der Waals surface area contributed by atoms with E-state index in [2.05, 4.69) is 32.0 Å². The minimum atomic E-state index is -5.08. The lowest BCUT2D eigenvalue weighted by molar-refractivity contribution is -0.192. The zero-order valence-electron chi connectivity index (χ0n) is 18.9. The monoisotopic (exact) mass is 472 g/mol. The van der Waals surface area contributed by atoms with Gasteiger partial charge >= 0.3 is 18.2 Å². The SMILES string of the molecule is CC#CCn1c(N2CCNCC2)nc2nc(OC(C)CC)n(C)c(=O)c21.O=C(O)C(F)(F)F. The van der Waals surface area contributed by atoms with Gasteiger partial charge < -0.3 is 20.1 Å². The molecule has 3 heterocycles. The van der Waals surface area contributed by atoms with Gasteiger partial charge in [0.15, 0.2) is 11.2 Å². The summed E-state index contributed by atoms with van der Waals surface area (Å²) in [6.07, 6.45) is -4.27. The number of carboxylic acid groups (broad SMARTS) is 1. The highest BCUT2D eigenvalue weighted by atomic mass is 19.4. The van der Waals surface area contributed by atoms with Crippen LogP contribution in [0.4, 0.5) is 19.1 Å². The highest BCUT2D eigenvalue weighted by molar-refractivity contribution is 5.75. The lowest BCUT2D eigenvalue weighted by Gasteiger charge is -2.28. The molecule has 2 aromatic heterocycles. The van der Waals surface area contributed by atoms with Gasteiger partial charge in [-0.15, -0.1) is 5.92 Å². The molecular formula is C20H27F3N6O4. The van der Waals surface area contributed by atoms with Gasteiger partial charge in [0.25, 0.3) is 5.56 Å². The van der Waals surface area contributed by atoms with E-state index < -0.39 is 12.1 Å². The Bertz CT molecular complexity index is 1090. The number of rotatable bonds is 5. The van der Waals surface area contributed by atoms with Crippen LogP contribution in [0, 0.1) is 11.8 Å². The summed E-state index contributed by atoms with van der Waals surface area (Å²) in [7, 11) is 1.68. The summed E-state index contributed by atoms with van der Waals surface area (Å²) in [6.45, 7) is 9.62. The zero-order valence-corrected chi connectivity index (χ0v) is 18.9. The molecule has 1 fully saturated rings. The number of ether oxygens (including phenoxy) is 1. The fraction of sp³-hybridized carbons (Fsp3) is 0.600. The van der Waals surface area contributed by atoms with Gasteiger partial charge in [-0.2, -0.15) is 23.1 Å². The van der Waals surface area contributed by atoms with Gasteiger partial charge in [0.1, 0.15) is 0 Å². The Morgan fingerprint density at radius 3 is 2.42 bits per heavy atom. The molecule has 0 radical (unpaired) electrons. The van der Waals surface area contributed by atoms with Gasteiger partial charge in [0.05, 0.1) is 12.6 Å². The average molecular weight is 472 g/mol. The number of alkyl halides is 3. The van der Waals surface area contributed by atoms with Crippen LogP contribution < -0.4 is 20.5 Å². The number of carboxylic acids is 1. The Labute approximate surface area is 188 Å². The molecule has 1 saturated heterocycles. The van der Waals surface area contributed by atoms with Gasteiger partial charge in [-0.1, -0.05) is 12.8 Å². The maximum atomic E-state index is 13.0. The number of nitrogens with zero attached hydrogens (tertiary/aromatic N) is 5. The minimum absolute atomic E-state index is 0.0220. The van der Waals surface area contributed by atoms with E-state index in [9.17, 15) is 18.0 Å². The van der Waals surface area contributed by atoms with Crippen molar-refractivity contribution in [2.45, 2.75) is 46.0 Å². The minimum Gasteiger partial charge on any atom is -0.475 e. The maximum Gasteiger partial charge on any atom is 0.490 e. The summed E-state index contributed by atoms with van der Waals surface area (Å²) < 4.78 is 40.9. The molecule has 0 aromatic carbocycles. The first-order valence-electron chi connectivity index (χ1n) is 10.3. The Morgan fingerprint density at radius 2 is 1.91 bits per heavy atom. The van der Waals surface area contributed by atoms with E-state index in [1.54, 1.807) is 14.0 Å². The Balaban J connectivity index is 0.000000479. The molecule has 2 N–H and O–H groups in total. The molecule has 1 aliphatic rings. The number of nitrogens with one attached hydrogen (secondary N) is 1. The Hall–Kier alpha value is -3.27. The third-order valence-corrected chi connectivity index (χ3v) is 4.86. The van der Waals surface area contributed by atoms with Crippen LogP contribution in [0.5, 0.6) is 6.01 Å². The van der Waals surface area contributed by atoms with E-state index in [1.807, 2.05) is 18.4 Å². The molecule has 2 aromatic rings. The highest BCUT2D eigenvalue weighted by Gasteiger charge is 2.38. The summed E-state index contributed by atoms with van der Waals surface area (Å²) >= 11 is 0. The Morgan fingerprint density at radius 1 is 1.30 bits per heavy atom. The second-order valence-electron chi connectivity index (χ2n) is 7.23. The van der Waals surface area contributed by atoms with Gasteiger partial charge in [0.2, 0.25) is 5.95 Å². The van der Waals surface area contributed by atoms with Crippen molar-refractivity contribution in [2.75, 3.05) is 31.1 Å². The first-order valence-corrected chi connectivity index (χ1v) is 10.3. The smallest absolute Gasteiger partial charge is 0.475 e. The summed E-state index contributed by atoms with van der Waals surface area (Å²) in [4.78, 5) is 33.3. The molecule has 0 bridgehead atoms. The number of hydrogen-bond donors (Lipinski definition) is 2. The van der Waals surface area contributed by atoms with Crippen LogP contribution in [0.2, 0.25) is 0 Å². The molecule has 13 heteroatoms. The van der Waals surface area contributed by atoms with Crippen LogP contribution in [0.3, 0.4) is 0 Å². The number of fused-ring (bicyclic) bond motifs is 1. The van der Waals surface area contributed by atoms with Gasteiger partial charge in [-0.25, -0.2) is 4.79 Å². The van der Waals surface area contributed by atoms with Crippen LogP contribution in [0.1, 0.15) is 27.2 Å². The normalized spacial score (nSPS) is 14.7. The molecule has 10 nitrogen and oxygen atoms in total. The molecule has 1 unspecified atom stereocenters. The number of aliphatic carboxylic acids is 1. The van der Waals surface area contributed by atoms with Crippen LogP contribution in [-0.4, -0.2) is 68.6 Å². The number of hydrogen-bond acceptors (Lipinski definition) is 7. The molecule has 0 saturated carbocycles. The van der Waals surface area contributed by atoms with E-state index in [4.69, 9.17) is 14.6 Å². The van der Waals surface area contributed by atoms with Crippen LogP contribution in [0.25, 0.3) is 11.2 Å². The molecule has 0 aliphatic carbocycles. The first kappa shape index (κ1) is 26.0. The summed E-state index contributed by atoms with van der Waals surface area (Å²) in [5.41, 5.74) is 0.721. The fourth-order valence-electron chi connectivity index (χ4n) is 2.91. The quantitative estimate of drug-likeness (QED) is 0.628. The van der Waals surface area contributed by atoms with Crippen molar-refractivity contribution in [3.63, 3.8) is 0 Å². The van der Waals surface area contributed by atoms with Crippen molar-refractivity contribution in [1.29, 1.82) is 0 Å². The molecule has 0 spiro atoms. The summed E-state index contributed by atoms with van der Waals surface area (Å²) in [5.74, 6) is 3.93. The average Bonchev–Trinajstić information content (AvgIpc) is 3.14. The van der Waals surface area contributed by atoms with Crippen molar-refractivity contribution in [3.05, 3.63) is 10.4 Å². The predicted octanol–water partition coefficient (Wildman–Crippen LogP) is 1.37. The van der Waals surface area contributed by atoms with Crippen molar-refractivity contribution >= 4 is 23.1 Å². The Kier molecular flexibility index (Phi) is 8.69. The van der Waals surface area contributed by atoms with Crippen molar-refractivity contribution in [3.8, 4) is 17.9 Å². The molecular weight excluding hydrogens is 445 g/mol. The largest absolute Gasteiger partial charge is 0.490 e. The summed E-state index contributed by atoms with van der Waals surface area (Å²) in [5, 5.41) is 10.5. The highest BCUT2D eigenvalue weighted by Crippen LogP contribution is 2.22. The molecule has 0 amide bonds. The number of halogens is 3. The number of piperazine rings is 1. The summed E-state index contributed by atoms with van der Waals surface area (Å²) in [6, 6.07) is 0.301. The second kappa shape index (κ2) is 11.0. The lowest BCUT2D eigenvalue weighted by atomic mass is 10.3. The number of anilines is 1. The van der Waals surface area contributed by atoms with Gasteiger partial charge in [-0.3, -0.25) is 13.9 Å². The standard InChI is InChI=1S/C18H26N6O2.C2HF3O2/c1-5-7-10-24-14-15(20-17(24)23-11-8-19-9-12-23)21-18(22(4)16(14)25)26-13(3)6-2;3-2(4,5)1(6)7/h13,19H,6,8-12H2,1-4H3;(H,6,7). The third kappa shape index (κ3) is 6.38. The molecule has 3 rings (SSSR count). The van der Waals surface area contributed by atoms with E-state index in [1.165, 1.54) is 4.57 Å². The van der Waals surface area contributed by atoms with Gasteiger partial charge in [-0.05, 0) is 20.3 Å². The molecule has 1 atom stereocenters. The van der Waals surface area contributed by atoms with E-state index in [0.29, 0.717) is 23.7 Å². The lowest BCUT2D eigenvalue weighted by Crippen LogP contribution is -2.44. The zero-order chi connectivity index (χ0) is 24.8. The van der Waals surface area contributed by atoms with Crippen molar-refractivity contribution in [1.82, 2.24) is 24.4 Å². The topological polar surface area (TPSA) is 115 Å². The van der Waals surface area contributed by atoms with Crippen LogP contribution in [-0.2, 0) is 18.4 Å². The molecule has 33 heavy (non-hydrogen) atoms. The molecule has 1 aliphatic heterocycles. The van der Waals surface area contributed by atoms with Crippen molar-refractivity contribution in [2.24, 2.45) is 7.05 Å². The molecule has 182 valence electrons. The maximum absolute atomic E-state index is 13.0. The van der Waals surface area contributed by atoms with Gasteiger partial charge in [0, 0.05) is 33.2 Å². The van der Waals surface area contributed by atoms with E-state index >= 15 is 0 Å². The van der Waals surface area contributed by atoms with E-state index in [-0.39, 0.29) is 11.7 Å². The first-order chi connectivity index (χ1) is 15.5. The van der Waals surface area contributed by atoms with Crippen LogP contribution >= 0.6 is 0 Å². The van der Waals surface area contributed by atoms with Crippen LogP contribution in [0.15, 0.2) is 4.79 Å². The third-order valence-electron chi connectivity index (χ3n) is 4.86. The van der Waals surface area contributed by atoms with E-state index in [0.717, 1.165) is 38.5 Å². The number of imidazole rings is 1. The fourth-order valence-corrected chi connectivity index (χ4v) is 2.91. The predicted molar refractivity (Wildman–Crippen MR) is 115 cm³/mol. The second-order valence-corrected chi connectivity index (χ2v) is 7.23. The number of aromatic nitrogens is 4. The number of carbonyl (C=O) groups is 1. The van der Waals surface area contributed by atoms with Crippen molar-refractivity contribution < 1.29 is 27.8 Å².